The van der Waals surface area contributed by atoms with E-state index in [4.69, 9.17) is 0 Å². The average Bonchev–Trinajstić information content (AvgIpc) is 2.84. The molecule has 1 atom stereocenters. The third kappa shape index (κ3) is 2.19. The van der Waals surface area contributed by atoms with Crippen LogP contribution in [0.15, 0.2) is 24.3 Å². The van der Waals surface area contributed by atoms with Gasteiger partial charge in [0.05, 0.1) is 0 Å². The molecule has 3 rings (SSSR count). The highest BCUT2D eigenvalue weighted by molar-refractivity contribution is 5.57. The number of fused-ring (bicyclic) bond motifs is 1. The number of nitrogens with one attached hydrogen (secondary N) is 1. The van der Waals surface area contributed by atoms with Gasteiger partial charge in [0.2, 0.25) is 0 Å². The molecule has 0 aromatic heterocycles. The van der Waals surface area contributed by atoms with Crippen LogP contribution in [0.25, 0.3) is 0 Å². The van der Waals surface area contributed by atoms with Crippen molar-refractivity contribution >= 4 is 5.69 Å². The summed E-state index contributed by atoms with van der Waals surface area (Å²) in [4.78, 5) is 2.63. The summed E-state index contributed by atoms with van der Waals surface area (Å²) in [6.07, 6.45) is 1.34. The molecule has 92 valence electrons. The van der Waals surface area contributed by atoms with E-state index in [1.807, 2.05) is 0 Å². The Morgan fingerprint density at radius 3 is 2.94 bits per heavy atom. The number of likely N-dealkylation sites (tertiary alicyclic amines) is 1. The average molecular weight is 230 g/mol. The minimum absolute atomic E-state index is 0.519. The van der Waals surface area contributed by atoms with Crippen molar-refractivity contribution in [3.63, 3.8) is 0 Å². The molecular weight excluding hydrogens is 208 g/mol. The molecule has 1 aromatic rings. The fourth-order valence-electron chi connectivity index (χ4n) is 3.21. The zero-order valence-electron chi connectivity index (χ0n) is 10.9. The Labute approximate surface area is 104 Å². The SMILES string of the molecule is CC1(C)CCN(CC2CNc3ccccc32)C1. The van der Waals surface area contributed by atoms with Gasteiger partial charge in [0.25, 0.3) is 0 Å². The first-order valence-corrected chi connectivity index (χ1v) is 6.69. The number of benzene rings is 1. The molecule has 0 bridgehead atoms. The van der Waals surface area contributed by atoms with Gasteiger partial charge in [-0.1, -0.05) is 32.0 Å². The zero-order valence-corrected chi connectivity index (χ0v) is 10.9. The van der Waals surface area contributed by atoms with Gasteiger partial charge in [-0.15, -0.1) is 0 Å². The highest BCUT2D eigenvalue weighted by atomic mass is 15.2. The molecule has 0 spiro atoms. The summed E-state index contributed by atoms with van der Waals surface area (Å²) in [5, 5.41) is 3.52. The van der Waals surface area contributed by atoms with Crippen LogP contribution < -0.4 is 5.32 Å². The van der Waals surface area contributed by atoms with Crippen LogP contribution in [0.3, 0.4) is 0 Å². The van der Waals surface area contributed by atoms with Crippen LogP contribution in [0.2, 0.25) is 0 Å². The molecule has 2 aliphatic rings. The van der Waals surface area contributed by atoms with Crippen molar-refractivity contribution in [1.82, 2.24) is 4.90 Å². The molecule has 1 aromatic carbocycles. The van der Waals surface area contributed by atoms with Crippen LogP contribution in [0.5, 0.6) is 0 Å². The smallest absolute Gasteiger partial charge is 0.0376 e. The van der Waals surface area contributed by atoms with Crippen molar-refractivity contribution in [2.24, 2.45) is 5.41 Å². The van der Waals surface area contributed by atoms with E-state index in [2.05, 4.69) is 48.3 Å². The van der Waals surface area contributed by atoms with E-state index in [-0.39, 0.29) is 0 Å². The fourth-order valence-corrected chi connectivity index (χ4v) is 3.21. The number of nitrogens with zero attached hydrogens (tertiary/aromatic N) is 1. The van der Waals surface area contributed by atoms with E-state index in [9.17, 15) is 0 Å². The minimum Gasteiger partial charge on any atom is -0.384 e. The van der Waals surface area contributed by atoms with Crippen molar-refractivity contribution < 1.29 is 0 Å². The van der Waals surface area contributed by atoms with Gasteiger partial charge in [0.15, 0.2) is 0 Å². The molecule has 1 unspecified atom stereocenters. The highest BCUT2D eigenvalue weighted by Crippen LogP contribution is 2.34. The molecule has 1 fully saturated rings. The summed E-state index contributed by atoms with van der Waals surface area (Å²) in [5.74, 6) is 0.681. The monoisotopic (exact) mass is 230 g/mol. The van der Waals surface area contributed by atoms with Gasteiger partial charge in [-0.3, -0.25) is 0 Å². The van der Waals surface area contributed by atoms with E-state index in [1.54, 1.807) is 0 Å². The maximum Gasteiger partial charge on any atom is 0.0376 e. The molecule has 2 nitrogen and oxygen atoms in total. The lowest BCUT2D eigenvalue weighted by Crippen LogP contribution is -2.28. The lowest BCUT2D eigenvalue weighted by atomic mass is 9.93. The summed E-state index contributed by atoms with van der Waals surface area (Å²) in [5.41, 5.74) is 3.37. The van der Waals surface area contributed by atoms with Gasteiger partial charge in [0.1, 0.15) is 0 Å². The van der Waals surface area contributed by atoms with Crippen molar-refractivity contribution in [3.05, 3.63) is 29.8 Å². The molecule has 2 heteroatoms. The van der Waals surface area contributed by atoms with E-state index in [0.717, 1.165) is 6.54 Å². The van der Waals surface area contributed by atoms with Crippen molar-refractivity contribution in [2.75, 3.05) is 31.5 Å². The van der Waals surface area contributed by atoms with Gasteiger partial charge in [-0.25, -0.2) is 0 Å². The first-order valence-electron chi connectivity index (χ1n) is 6.69. The predicted molar refractivity (Wildman–Crippen MR) is 72.5 cm³/mol. The number of rotatable bonds is 2. The van der Waals surface area contributed by atoms with Gasteiger partial charge < -0.3 is 10.2 Å². The van der Waals surface area contributed by atoms with Crippen molar-refractivity contribution in [3.8, 4) is 0 Å². The summed E-state index contributed by atoms with van der Waals surface area (Å²) < 4.78 is 0. The maximum atomic E-state index is 3.52. The standard InChI is InChI=1S/C15H22N2/c1-15(2)7-8-17(11-15)10-12-9-16-14-6-4-3-5-13(12)14/h3-6,12,16H,7-11H2,1-2H3. The van der Waals surface area contributed by atoms with E-state index in [0.29, 0.717) is 11.3 Å². The van der Waals surface area contributed by atoms with Crippen molar-refractivity contribution in [2.45, 2.75) is 26.2 Å². The molecule has 1 N–H and O–H groups in total. The molecule has 17 heavy (non-hydrogen) atoms. The maximum absolute atomic E-state index is 3.52. The Kier molecular flexibility index (Phi) is 2.62. The molecular formula is C15H22N2. The van der Waals surface area contributed by atoms with Crippen molar-refractivity contribution in [1.29, 1.82) is 0 Å². The first kappa shape index (κ1) is 11.1. The quantitative estimate of drug-likeness (QED) is 0.840. The fraction of sp³-hybridized carbons (Fsp3) is 0.600. The lowest BCUT2D eigenvalue weighted by Gasteiger charge is -2.22. The molecule has 0 aliphatic carbocycles. The Bertz CT molecular complexity index is 411. The van der Waals surface area contributed by atoms with Crippen LogP contribution in [0.4, 0.5) is 5.69 Å². The Morgan fingerprint density at radius 2 is 2.18 bits per heavy atom. The second kappa shape index (κ2) is 4.02. The summed E-state index contributed by atoms with van der Waals surface area (Å²) in [6, 6.07) is 8.75. The molecule has 0 radical (unpaired) electrons. The number of hydrogen-bond donors (Lipinski definition) is 1. The minimum atomic E-state index is 0.519. The van der Waals surface area contributed by atoms with Crippen LogP contribution in [0.1, 0.15) is 31.7 Å². The highest BCUT2D eigenvalue weighted by Gasteiger charge is 2.32. The normalized spacial score (nSPS) is 26.8. The van der Waals surface area contributed by atoms with Gasteiger partial charge in [0, 0.05) is 31.2 Å². The molecule has 2 aliphatic heterocycles. The van der Waals surface area contributed by atoms with Crippen LogP contribution in [-0.2, 0) is 0 Å². The molecule has 2 heterocycles. The zero-order chi connectivity index (χ0) is 11.9. The number of hydrogen-bond acceptors (Lipinski definition) is 2. The van der Waals surface area contributed by atoms with Gasteiger partial charge >= 0.3 is 0 Å². The van der Waals surface area contributed by atoms with Gasteiger partial charge in [-0.05, 0) is 30.0 Å². The topological polar surface area (TPSA) is 15.3 Å². The molecule has 0 amide bonds. The first-order chi connectivity index (χ1) is 8.14. The summed E-state index contributed by atoms with van der Waals surface area (Å²) in [7, 11) is 0. The van der Waals surface area contributed by atoms with Gasteiger partial charge in [-0.2, -0.15) is 0 Å². The Morgan fingerprint density at radius 1 is 1.35 bits per heavy atom. The van der Waals surface area contributed by atoms with Crippen LogP contribution >= 0.6 is 0 Å². The summed E-state index contributed by atoms with van der Waals surface area (Å²) in [6.45, 7) is 9.61. The number of para-hydroxylation sites is 1. The lowest BCUT2D eigenvalue weighted by molar-refractivity contribution is 0.279. The molecule has 1 saturated heterocycles. The second-order valence-corrected chi connectivity index (χ2v) is 6.31. The third-order valence-corrected chi connectivity index (χ3v) is 4.17. The third-order valence-electron chi connectivity index (χ3n) is 4.17. The van der Waals surface area contributed by atoms with E-state index < -0.39 is 0 Å². The largest absolute Gasteiger partial charge is 0.384 e. The summed E-state index contributed by atoms with van der Waals surface area (Å²) >= 11 is 0. The predicted octanol–water partition coefficient (Wildman–Crippen LogP) is 2.93. The van der Waals surface area contributed by atoms with E-state index >= 15 is 0 Å². The molecule has 0 saturated carbocycles. The number of anilines is 1. The van der Waals surface area contributed by atoms with Crippen LogP contribution in [-0.4, -0.2) is 31.1 Å². The Hall–Kier alpha value is -1.02. The Balaban J connectivity index is 1.68. The van der Waals surface area contributed by atoms with Crippen LogP contribution in [0, 0.1) is 5.41 Å². The second-order valence-electron chi connectivity index (χ2n) is 6.31. The van der Waals surface area contributed by atoms with E-state index in [1.165, 1.54) is 37.3 Å².